The normalized spacial score (nSPS) is 10.8. The van der Waals surface area contributed by atoms with Gasteiger partial charge >= 0.3 is 0 Å². The fourth-order valence-corrected chi connectivity index (χ4v) is 1.56. The molecule has 0 amide bonds. The van der Waals surface area contributed by atoms with Crippen LogP contribution in [0.25, 0.3) is 6.08 Å². The van der Waals surface area contributed by atoms with Gasteiger partial charge in [0, 0.05) is 18.2 Å². The van der Waals surface area contributed by atoms with E-state index < -0.39 is 0 Å². The molecule has 0 saturated carbocycles. The van der Waals surface area contributed by atoms with E-state index in [9.17, 15) is 9.90 Å². The molecule has 15 heavy (non-hydrogen) atoms. The molecule has 0 aromatic heterocycles. The van der Waals surface area contributed by atoms with Gasteiger partial charge in [0.15, 0.2) is 5.12 Å². The Morgan fingerprint density at radius 1 is 1.53 bits per heavy atom. The van der Waals surface area contributed by atoms with E-state index in [1.54, 1.807) is 13.0 Å². The summed E-state index contributed by atoms with van der Waals surface area (Å²) < 4.78 is 0. The van der Waals surface area contributed by atoms with Crippen LogP contribution in [-0.2, 0) is 4.79 Å². The van der Waals surface area contributed by atoms with Gasteiger partial charge in [0.2, 0.25) is 0 Å². The van der Waals surface area contributed by atoms with Gasteiger partial charge in [-0.15, -0.1) is 0 Å². The van der Waals surface area contributed by atoms with Gasteiger partial charge in [-0.25, -0.2) is 0 Å². The number of benzene rings is 1. The summed E-state index contributed by atoms with van der Waals surface area (Å²) in [5.41, 5.74) is 1.81. The quantitative estimate of drug-likeness (QED) is 0.854. The highest BCUT2D eigenvalue weighted by Crippen LogP contribution is 2.19. The van der Waals surface area contributed by atoms with Crippen molar-refractivity contribution < 1.29 is 9.90 Å². The molecule has 0 radical (unpaired) electrons. The molecule has 0 saturated heterocycles. The number of aromatic hydroxyl groups is 1. The lowest BCUT2D eigenvalue weighted by molar-refractivity contribution is -0.109. The van der Waals surface area contributed by atoms with Crippen LogP contribution < -0.4 is 0 Å². The highest BCUT2D eigenvalue weighted by atomic mass is 32.2. The van der Waals surface area contributed by atoms with Crippen molar-refractivity contribution in [2.45, 2.75) is 13.8 Å². The molecule has 0 fully saturated rings. The topological polar surface area (TPSA) is 37.3 Å². The first-order valence-electron chi connectivity index (χ1n) is 4.69. The van der Waals surface area contributed by atoms with E-state index >= 15 is 0 Å². The minimum Gasteiger partial charge on any atom is -0.507 e. The smallest absolute Gasteiger partial charge is 0.186 e. The Balaban J connectivity index is 2.60. The van der Waals surface area contributed by atoms with Crippen LogP contribution >= 0.6 is 11.8 Å². The van der Waals surface area contributed by atoms with Crippen LogP contribution in [0.3, 0.4) is 0 Å². The largest absolute Gasteiger partial charge is 0.507 e. The number of phenolic OH excluding ortho intramolecular Hbond substituents is 1. The molecule has 1 aromatic rings. The zero-order valence-corrected chi connectivity index (χ0v) is 9.67. The molecule has 1 N–H and O–H groups in total. The van der Waals surface area contributed by atoms with Crippen LogP contribution in [-0.4, -0.2) is 16.0 Å². The molecule has 0 aliphatic rings. The Kier molecular flexibility index (Phi) is 4.43. The number of thioether (sulfide) groups is 1. The van der Waals surface area contributed by atoms with E-state index in [0.29, 0.717) is 5.75 Å². The van der Waals surface area contributed by atoms with Crippen molar-refractivity contribution in [1.82, 2.24) is 0 Å². The molecule has 80 valence electrons. The van der Waals surface area contributed by atoms with E-state index in [1.807, 2.05) is 31.2 Å². The summed E-state index contributed by atoms with van der Waals surface area (Å²) in [5.74, 6) is 0.918. The molecule has 0 aliphatic heterocycles. The number of hydrogen-bond acceptors (Lipinski definition) is 3. The van der Waals surface area contributed by atoms with Gasteiger partial charge in [0.25, 0.3) is 0 Å². The average Bonchev–Trinajstić information content (AvgIpc) is 2.14. The van der Waals surface area contributed by atoms with Crippen molar-refractivity contribution in [3.63, 3.8) is 0 Å². The third-order valence-corrected chi connectivity index (χ3v) is 2.63. The minimum absolute atomic E-state index is 0.104. The van der Waals surface area contributed by atoms with Crippen LogP contribution in [0.15, 0.2) is 24.3 Å². The van der Waals surface area contributed by atoms with Gasteiger partial charge in [-0.1, -0.05) is 36.0 Å². The van der Waals surface area contributed by atoms with E-state index in [1.165, 1.54) is 11.8 Å². The van der Waals surface area contributed by atoms with E-state index in [4.69, 9.17) is 0 Å². The second-order valence-electron chi connectivity index (χ2n) is 3.27. The summed E-state index contributed by atoms with van der Waals surface area (Å²) in [6.07, 6.45) is 3.70. The third kappa shape index (κ3) is 4.21. The van der Waals surface area contributed by atoms with Gasteiger partial charge in [-0.2, -0.15) is 0 Å². The Morgan fingerprint density at radius 3 is 2.87 bits per heavy atom. The fraction of sp³-hybridized carbons (Fsp3) is 0.250. The zero-order valence-electron chi connectivity index (χ0n) is 8.86. The van der Waals surface area contributed by atoms with Crippen LogP contribution in [0, 0.1) is 6.92 Å². The summed E-state index contributed by atoms with van der Waals surface area (Å²) in [6.45, 7) is 3.47. The summed E-state index contributed by atoms with van der Waals surface area (Å²) in [7, 11) is 0. The summed E-state index contributed by atoms with van der Waals surface area (Å²) >= 11 is 1.25. The molecule has 0 unspecified atom stereocenters. The predicted octanol–water partition coefficient (Wildman–Crippen LogP) is 2.99. The highest BCUT2D eigenvalue weighted by Gasteiger charge is 1.96. The number of rotatable bonds is 3. The molecule has 0 aliphatic carbocycles. The van der Waals surface area contributed by atoms with E-state index in [2.05, 4.69) is 0 Å². The van der Waals surface area contributed by atoms with E-state index in [0.717, 1.165) is 11.1 Å². The molecule has 0 atom stereocenters. The maximum absolute atomic E-state index is 10.6. The molecule has 1 rings (SSSR count). The molecular weight excluding hydrogens is 208 g/mol. The van der Waals surface area contributed by atoms with Crippen LogP contribution in [0.5, 0.6) is 5.75 Å². The minimum atomic E-state index is 0.104. The van der Waals surface area contributed by atoms with Crippen molar-refractivity contribution in [1.29, 1.82) is 0 Å². The second kappa shape index (κ2) is 5.61. The Bertz CT molecular complexity index is 383. The molecule has 3 heteroatoms. The molecule has 0 heterocycles. The molecule has 1 aromatic carbocycles. The van der Waals surface area contributed by atoms with Gasteiger partial charge in [-0.3, -0.25) is 4.79 Å². The van der Waals surface area contributed by atoms with Gasteiger partial charge in [-0.05, 0) is 18.6 Å². The van der Waals surface area contributed by atoms with Crippen molar-refractivity contribution in [2.24, 2.45) is 0 Å². The highest BCUT2D eigenvalue weighted by molar-refractivity contribution is 8.13. The van der Waals surface area contributed by atoms with Crippen LogP contribution in [0.2, 0.25) is 0 Å². The monoisotopic (exact) mass is 222 g/mol. The summed E-state index contributed by atoms with van der Waals surface area (Å²) in [5, 5.41) is 9.68. The Labute approximate surface area is 94.0 Å². The lowest BCUT2D eigenvalue weighted by Crippen LogP contribution is -1.82. The first-order valence-corrected chi connectivity index (χ1v) is 5.67. The fourth-order valence-electron chi connectivity index (χ4n) is 1.14. The SMILES string of the molecule is CC(=O)SCC=Cc1ccc(C)cc1O. The second-order valence-corrected chi connectivity index (χ2v) is 4.46. The maximum Gasteiger partial charge on any atom is 0.186 e. The van der Waals surface area contributed by atoms with E-state index in [-0.39, 0.29) is 10.9 Å². The van der Waals surface area contributed by atoms with Crippen molar-refractivity contribution >= 4 is 23.0 Å². The lowest BCUT2D eigenvalue weighted by atomic mass is 10.1. The number of aryl methyl sites for hydroxylation is 1. The first-order chi connectivity index (χ1) is 7.09. The summed E-state index contributed by atoms with van der Waals surface area (Å²) in [4.78, 5) is 10.6. The molecule has 2 nitrogen and oxygen atoms in total. The number of hydrogen-bond donors (Lipinski definition) is 1. The average molecular weight is 222 g/mol. The van der Waals surface area contributed by atoms with Gasteiger partial charge < -0.3 is 5.11 Å². The van der Waals surface area contributed by atoms with Crippen molar-refractivity contribution in [3.8, 4) is 5.75 Å². The standard InChI is InChI=1S/C12H14O2S/c1-9-5-6-11(12(14)8-9)4-3-7-15-10(2)13/h3-6,8,14H,7H2,1-2H3. The van der Waals surface area contributed by atoms with Gasteiger partial charge in [0.1, 0.15) is 5.75 Å². The number of carbonyl (C=O) groups is 1. The predicted molar refractivity (Wildman–Crippen MR) is 65.0 cm³/mol. The Hall–Kier alpha value is -1.22. The third-order valence-electron chi connectivity index (χ3n) is 1.87. The first kappa shape index (κ1) is 11.9. The zero-order chi connectivity index (χ0) is 11.3. The van der Waals surface area contributed by atoms with Crippen LogP contribution in [0.4, 0.5) is 0 Å². The number of phenols is 1. The lowest BCUT2D eigenvalue weighted by Gasteiger charge is -1.99. The van der Waals surface area contributed by atoms with Gasteiger partial charge in [0.05, 0.1) is 0 Å². The Morgan fingerprint density at radius 2 is 2.27 bits per heavy atom. The van der Waals surface area contributed by atoms with Crippen LogP contribution in [0.1, 0.15) is 18.1 Å². The maximum atomic E-state index is 10.6. The van der Waals surface area contributed by atoms with Crippen molar-refractivity contribution in [2.75, 3.05) is 5.75 Å². The summed E-state index contributed by atoms with van der Waals surface area (Å²) in [6, 6.07) is 5.52. The van der Waals surface area contributed by atoms with Crippen molar-refractivity contribution in [3.05, 3.63) is 35.4 Å². The molecule has 0 spiro atoms. The molecule has 0 bridgehead atoms. The molecular formula is C12H14O2S. The number of carbonyl (C=O) groups excluding carboxylic acids is 1.